The molecule has 0 aliphatic carbocycles. The quantitative estimate of drug-likeness (QED) is 0.554. The number of halogens is 3. The second-order valence-electron chi connectivity index (χ2n) is 4.85. The third-order valence-electron chi connectivity index (χ3n) is 3.27. The highest BCUT2D eigenvalue weighted by Crippen LogP contribution is 2.29. The van der Waals surface area contributed by atoms with Gasteiger partial charge in [-0.25, -0.2) is 9.79 Å². The van der Waals surface area contributed by atoms with E-state index < -0.39 is 5.97 Å². The van der Waals surface area contributed by atoms with Crippen LogP contribution in [-0.2, 0) is 9.53 Å². The molecule has 0 bridgehead atoms. The number of aliphatic imine (C=N–C) groups is 1. The van der Waals surface area contributed by atoms with E-state index in [0.29, 0.717) is 31.9 Å². The molecule has 0 unspecified atom stereocenters. The van der Waals surface area contributed by atoms with Crippen LogP contribution in [-0.4, -0.2) is 19.0 Å². The third-order valence-corrected chi connectivity index (χ3v) is 4.06. The van der Waals surface area contributed by atoms with Crippen LogP contribution in [0.5, 0.6) is 5.75 Å². The molecule has 0 saturated heterocycles. The molecule has 0 N–H and O–H groups in total. The van der Waals surface area contributed by atoms with Gasteiger partial charge in [0, 0.05) is 15.1 Å². The van der Waals surface area contributed by atoms with Crippen LogP contribution >= 0.6 is 34.8 Å². The van der Waals surface area contributed by atoms with E-state index >= 15 is 0 Å². The molecule has 2 aromatic carbocycles. The van der Waals surface area contributed by atoms with E-state index in [4.69, 9.17) is 44.3 Å². The van der Waals surface area contributed by atoms with Crippen LogP contribution in [0.4, 0.5) is 0 Å². The van der Waals surface area contributed by atoms with Crippen LogP contribution in [0.15, 0.2) is 47.1 Å². The van der Waals surface area contributed by atoms with Crippen molar-refractivity contribution in [2.75, 3.05) is 7.11 Å². The average molecular weight is 383 g/mol. The molecule has 122 valence electrons. The number of benzene rings is 2. The van der Waals surface area contributed by atoms with Crippen molar-refractivity contribution >= 4 is 52.7 Å². The first-order chi connectivity index (χ1) is 11.5. The third kappa shape index (κ3) is 3.41. The van der Waals surface area contributed by atoms with Gasteiger partial charge in [-0.2, -0.15) is 0 Å². The standard InChI is InChI=1S/C17H10Cl3NO3/c1-23-15-5-4-10(18)7-12(15)16-21-14(17(22)24-16)6-9-2-3-11(19)8-13(9)20/h2-8H,1H3/b14-6-. The summed E-state index contributed by atoms with van der Waals surface area (Å²) in [5.41, 5.74) is 1.22. The van der Waals surface area contributed by atoms with Gasteiger partial charge in [0.2, 0.25) is 5.90 Å². The largest absolute Gasteiger partial charge is 0.496 e. The predicted molar refractivity (Wildman–Crippen MR) is 95.1 cm³/mol. The zero-order valence-electron chi connectivity index (χ0n) is 12.3. The first-order valence-electron chi connectivity index (χ1n) is 6.79. The number of rotatable bonds is 3. The van der Waals surface area contributed by atoms with E-state index in [0.717, 1.165) is 0 Å². The maximum absolute atomic E-state index is 12.1. The molecule has 1 heterocycles. The van der Waals surface area contributed by atoms with Gasteiger partial charge in [0.1, 0.15) is 5.75 Å². The first-order valence-corrected chi connectivity index (χ1v) is 7.93. The van der Waals surface area contributed by atoms with Gasteiger partial charge >= 0.3 is 5.97 Å². The van der Waals surface area contributed by atoms with Crippen molar-refractivity contribution in [1.29, 1.82) is 0 Å². The molecule has 2 aromatic rings. The molecule has 0 fully saturated rings. The van der Waals surface area contributed by atoms with Crippen molar-refractivity contribution in [3.05, 3.63) is 68.3 Å². The Bertz CT molecular complexity index is 891. The minimum atomic E-state index is -0.585. The van der Waals surface area contributed by atoms with Gasteiger partial charge in [-0.15, -0.1) is 0 Å². The lowest BCUT2D eigenvalue weighted by atomic mass is 10.2. The van der Waals surface area contributed by atoms with Crippen molar-refractivity contribution in [3.8, 4) is 5.75 Å². The minimum absolute atomic E-state index is 0.121. The van der Waals surface area contributed by atoms with Crippen LogP contribution in [0.25, 0.3) is 6.08 Å². The Hall–Kier alpha value is -2.01. The number of ether oxygens (including phenoxy) is 2. The molecule has 1 aliphatic heterocycles. The van der Waals surface area contributed by atoms with Crippen molar-refractivity contribution in [2.24, 2.45) is 4.99 Å². The highest BCUT2D eigenvalue weighted by atomic mass is 35.5. The molecule has 0 amide bonds. The number of cyclic esters (lactones) is 1. The minimum Gasteiger partial charge on any atom is -0.496 e. The zero-order valence-corrected chi connectivity index (χ0v) is 14.6. The summed E-state index contributed by atoms with van der Waals surface area (Å²) in [4.78, 5) is 16.3. The van der Waals surface area contributed by atoms with Gasteiger partial charge in [-0.05, 0) is 42.0 Å². The number of hydrogen-bond acceptors (Lipinski definition) is 4. The van der Waals surface area contributed by atoms with E-state index in [1.54, 1.807) is 36.4 Å². The Balaban J connectivity index is 2.02. The average Bonchev–Trinajstić information content (AvgIpc) is 2.91. The summed E-state index contributed by atoms with van der Waals surface area (Å²) >= 11 is 18.0. The molecule has 0 atom stereocenters. The zero-order chi connectivity index (χ0) is 17.3. The SMILES string of the molecule is COc1ccc(Cl)cc1C1=N/C(=C\c2ccc(Cl)cc2Cl)C(=O)O1. The fourth-order valence-electron chi connectivity index (χ4n) is 2.14. The van der Waals surface area contributed by atoms with Crippen LogP contribution in [0.3, 0.4) is 0 Å². The molecular formula is C17H10Cl3NO3. The molecule has 0 radical (unpaired) electrons. The maximum atomic E-state index is 12.1. The van der Waals surface area contributed by atoms with Gasteiger partial charge in [-0.1, -0.05) is 40.9 Å². The van der Waals surface area contributed by atoms with Gasteiger partial charge in [0.15, 0.2) is 5.70 Å². The van der Waals surface area contributed by atoms with E-state index in [-0.39, 0.29) is 11.6 Å². The van der Waals surface area contributed by atoms with Crippen LogP contribution in [0.2, 0.25) is 15.1 Å². The highest BCUT2D eigenvalue weighted by Gasteiger charge is 2.26. The number of esters is 1. The smallest absolute Gasteiger partial charge is 0.363 e. The monoisotopic (exact) mass is 381 g/mol. The molecule has 0 spiro atoms. The van der Waals surface area contributed by atoms with E-state index in [1.807, 2.05) is 0 Å². The second kappa shape index (κ2) is 6.85. The van der Waals surface area contributed by atoms with E-state index in [9.17, 15) is 4.79 Å². The van der Waals surface area contributed by atoms with E-state index in [2.05, 4.69) is 4.99 Å². The lowest BCUT2D eigenvalue weighted by molar-refractivity contribution is -0.129. The van der Waals surface area contributed by atoms with Crippen LogP contribution < -0.4 is 4.74 Å². The highest BCUT2D eigenvalue weighted by molar-refractivity contribution is 6.35. The number of nitrogens with zero attached hydrogens (tertiary/aromatic N) is 1. The predicted octanol–water partition coefficient (Wildman–Crippen LogP) is 5.00. The van der Waals surface area contributed by atoms with Crippen molar-refractivity contribution < 1.29 is 14.3 Å². The van der Waals surface area contributed by atoms with Gasteiger partial charge in [-0.3, -0.25) is 0 Å². The Kier molecular flexibility index (Phi) is 4.81. The number of carbonyl (C=O) groups excluding carboxylic acids is 1. The molecule has 4 nitrogen and oxygen atoms in total. The Labute approximate surface area is 153 Å². The fourth-order valence-corrected chi connectivity index (χ4v) is 2.77. The van der Waals surface area contributed by atoms with E-state index in [1.165, 1.54) is 13.2 Å². The summed E-state index contributed by atoms with van der Waals surface area (Å²) in [5.74, 6) is 0.0328. The summed E-state index contributed by atoms with van der Waals surface area (Å²) in [6.07, 6.45) is 1.53. The Morgan fingerprint density at radius 1 is 1.08 bits per heavy atom. The molecule has 3 rings (SSSR count). The lowest BCUT2D eigenvalue weighted by Crippen LogP contribution is -2.07. The van der Waals surface area contributed by atoms with Gasteiger partial charge < -0.3 is 9.47 Å². The lowest BCUT2D eigenvalue weighted by Gasteiger charge is -2.07. The van der Waals surface area contributed by atoms with Crippen LogP contribution in [0, 0.1) is 0 Å². The Morgan fingerprint density at radius 2 is 1.79 bits per heavy atom. The summed E-state index contributed by atoms with van der Waals surface area (Å²) < 4.78 is 10.5. The van der Waals surface area contributed by atoms with Crippen LogP contribution in [0.1, 0.15) is 11.1 Å². The molecular weight excluding hydrogens is 373 g/mol. The van der Waals surface area contributed by atoms with Crippen molar-refractivity contribution in [3.63, 3.8) is 0 Å². The van der Waals surface area contributed by atoms with Gasteiger partial charge in [0.05, 0.1) is 12.7 Å². The number of methoxy groups -OCH3 is 1. The fraction of sp³-hybridized carbons (Fsp3) is 0.0588. The summed E-state index contributed by atoms with van der Waals surface area (Å²) in [6, 6.07) is 9.91. The van der Waals surface area contributed by atoms with Gasteiger partial charge in [0.25, 0.3) is 0 Å². The molecule has 0 saturated carbocycles. The Morgan fingerprint density at radius 3 is 2.50 bits per heavy atom. The summed E-state index contributed by atoms with van der Waals surface area (Å²) in [7, 11) is 1.51. The first kappa shape index (κ1) is 16.8. The molecule has 0 aromatic heterocycles. The molecule has 24 heavy (non-hydrogen) atoms. The number of hydrogen-bond donors (Lipinski definition) is 0. The normalized spacial score (nSPS) is 15.4. The summed E-state index contributed by atoms with van der Waals surface area (Å²) in [5, 5.41) is 1.39. The van der Waals surface area contributed by atoms with Crippen molar-refractivity contribution in [1.82, 2.24) is 0 Å². The number of carbonyl (C=O) groups is 1. The maximum Gasteiger partial charge on any atom is 0.363 e. The van der Waals surface area contributed by atoms with Crippen molar-refractivity contribution in [2.45, 2.75) is 0 Å². The molecule has 1 aliphatic rings. The second-order valence-corrected chi connectivity index (χ2v) is 6.13. The topological polar surface area (TPSA) is 47.9 Å². The summed E-state index contributed by atoms with van der Waals surface area (Å²) in [6.45, 7) is 0. The molecule has 7 heteroatoms.